The SMILES string of the molecule is CCc1ccccc1Nc1c(C(N)=O)cnc2cc(OCCCn3cncn3)c(OC)cc12. The standard InChI is InChI=1S/C24H26N6O3/c1-3-16-7-4-5-8-19(16)29-23-17-11-21(32-2)22(12-20(17)27-13-18(23)24(25)31)33-10-6-9-30-15-26-14-28-30/h4-5,7-8,11-15H,3,6,9-10H2,1-2H3,(H2,25,31)(H,27,29). The van der Waals surface area contributed by atoms with E-state index in [2.05, 4.69) is 27.3 Å². The van der Waals surface area contributed by atoms with Gasteiger partial charge in [-0.05, 0) is 24.1 Å². The van der Waals surface area contributed by atoms with Crippen LogP contribution in [0.1, 0.15) is 29.3 Å². The Kier molecular flexibility index (Phi) is 6.68. The Labute approximate surface area is 191 Å². The van der Waals surface area contributed by atoms with Gasteiger partial charge in [-0.25, -0.2) is 4.98 Å². The molecule has 2 aromatic carbocycles. The average Bonchev–Trinajstić information content (AvgIpc) is 3.35. The van der Waals surface area contributed by atoms with E-state index in [-0.39, 0.29) is 0 Å². The van der Waals surface area contributed by atoms with E-state index in [1.165, 1.54) is 12.5 Å². The van der Waals surface area contributed by atoms with Crippen LogP contribution >= 0.6 is 0 Å². The van der Waals surface area contributed by atoms with Gasteiger partial charge in [0.25, 0.3) is 5.91 Å². The third-order valence-corrected chi connectivity index (χ3v) is 5.33. The summed E-state index contributed by atoms with van der Waals surface area (Å²) in [4.78, 5) is 20.6. The van der Waals surface area contributed by atoms with Gasteiger partial charge in [0.05, 0.1) is 30.5 Å². The molecule has 1 amide bonds. The number of hydrogen-bond acceptors (Lipinski definition) is 7. The number of amides is 1. The maximum atomic E-state index is 12.2. The summed E-state index contributed by atoms with van der Waals surface area (Å²) in [5.41, 5.74) is 9.24. The van der Waals surface area contributed by atoms with Crippen LogP contribution in [0, 0.1) is 0 Å². The fourth-order valence-corrected chi connectivity index (χ4v) is 3.64. The number of aromatic nitrogens is 4. The minimum Gasteiger partial charge on any atom is -0.493 e. The summed E-state index contributed by atoms with van der Waals surface area (Å²) in [6.45, 7) is 3.24. The molecule has 0 unspecified atom stereocenters. The summed E-state index contributed by atoms with van der Waals surface area (Å²) in [6.07, 6.45) is 6.25. The van der Waals surface area contributed by atoms with Gasteiger partial charge < -0.3 is 20.5 Å². The number of benzene rings is 2. The van der Waals surface area contributed by atoms with Crippen molar-refractivity contribution in [2.24, 2.45) is 5.73 Å². The molecule has 2 aromatic heterocycles. The summed E-state index contributed by atoms with van der Waals surface area (Å²) in [5, 5.41) is 8.20. The molecule has 0 spiro atoms. The summed E-state index contributed by atoms with van der Waals surface area (Å²) in [5.74, 6) is 0.551. The van der Waals surface area contributed by atoms with Crippen molar-refractivity contribution in [3.05, 3.63) is 66.4 Å². The van der Waals surface area contributed by atoms with E-state index < -0.39 is 5.91 Å². The zero-order chi connectivity index (χ0) is 23.2. The second-order valence-electron chi connectivity index (χ2n) is 7.43. The Hall–Kier alpha value is -4.14. The maximum Gasteiger partial charge on any atom is 0.252 e. The molecule has 2 heterocycles. The lowest BCUT2D eigenvalue weighted by Crippen LogP contribution is -2.14. The number of anilines is 2. The Morgan fingerprint density at radius 2 is 2.06 bits per heavy atom. The van der Waals surface area contributed by atoms with Gasteiger partial charge in [-0.2, -0.15) is 5.10 Å². The number of aryl methyl sites for hydroxylation is 2. The number of para-hydroxylation sites is 1. The Balaban J connectivity index is 1.67. The van der Waals surface area contributed by atoms with Crippen LogP contribution in [0.15, 0.2) is 55.2 Å². The molecule has 9 nitrogen and oxygen atoms in total. The van der Waals surface area contributed by atoms with E-state index in [0.717, 1.165) is 24.1 Å². The number of rotatable bonds is 10. The number of carbonyl (C=O) groups is 1. The second kappa shape index (κ2) is 9.99. The van der Waals surface area contributed by atoms with E-state index in [0.29, 0.717) is 46.8 Å². The highest BCUT2D eigenvalue weighted by Gasteiger charge is 2.18. The third-order valence-electron chi connectivity index (χ3n) is 5.33. The molecule has 0 fully saturated rings. The zero-order valence-corrected chi connectivity index (χ0v) is 18.6. The minimum absolute atomic E-state index is 0.303. The molecule has 0 atom stereocenters. The molecular formula is C24H26N6O3. The highest BCUT2D eigenvalue weighted by Crippen LogP contribution is 2.37. The van der Waals surface area contributed by atoms with Crippen LogP contribution in [0.2, 0.25) is 0 Å². The van der Waals surface area contributed by atoms with E-state index in [4.69, 9.17) is 15.2 Å². The first kappa shape index (κ1) is 22.1. The van der Waals surface area contributed by atoms with Crippen molar-refractivity contribution in [3.8, 4) is 11.5 Å². The molecule has 4 rings (SSSR count). The number of nitrogens with zero attached hydrogens (tertiary/aromatic N) is 4. The van der Waals surface area contributed by atoms with Crippen LogP contribution in [0.25, 0.3) is 10.9 Å². The summed E-state index contributed by atoms with van der Waals surface area (Å²) >= 11 is 0. The number of hydrogen-bond donors (Lipinski definition) is 2. The highest BCUT2D eigenvalue weighted by atomic mass is 16.5. The highest BCUT2D eigenvalue weighted by molar-refractivity contribution is 6.08. The quantitative estimate of drug-likeness (QED) is 0.357. The van der Waals surface area contributed by atoms with Crippen molar-refractivity contribution in [2.45, 2.75) is 26.3 Å². The zero-order valence-electron chi connectivity index (χ0n) is 18.6. The molecule has 0 saturated heterocycles. The van der Waals surface area contributed by atoms with Crippen molar-refractivity contribution < 1.29 is 14.3 Å². The molecule has 33 heavy (non-hydrogen) atoms. The monoisotopic (exact) mass is 446 g/mol. The molecule has 0 radical (unpaired) electrons. The Bertz CT molecular complexity index is 1260. The van der Waals surface area contributed by atoms with E-state index in [1.54, 1.807) is 18.1 Å². The largest absolute Gasteiger partial charge is 0.493 e. The van der Waals surface area contributed by atoms with Crippen LogP contribution in [0.4, 0.5) is 11.4 Å². The number of fused-ring (bicyclic) bond motifs is 1. The topological polar surface area (TPSA) is 117 Å². The van der Waals surface area contributed by atoms with Crippen LogP contribution < -0.4 is 20.5 Å². The number of ether oxygens (including phenoxy) is 2. The molecule has 0 bridgehead atoms. The van der Waals surface area contributed by atoms with Crippen LogP contribution in [0.5, 0.6) is 11.5 Å². The van der Waals surface area contributed by atoms with Gasteiger partial charge in [-0.15, -0.1) is 0 Å². The van der Waals surface area contributed by atoms with E-state index in [1.807, 2.05) is 36.4 Å². The number of carbonyl (C=O) groups excluding carboxylic acids is 1. The lowest BCUT2D eigenvalue weighted by Gasteiger charge is -2.17. The fourth-order valence-electron chi connectivity index (χ4n) is 3.64. The number of primary amides is 1. The van der Waals surface area contributed by atoms with Gasteiger partial charge in [0.15, 0.2) is 11.5 Å². The molecule has 170 valence electrons. The fraction of sp³-hybridized carbons (Fsp3) is 0.250. The number of nitrogens with two attached hydrogens (primary N) is 1. The van der Waals surface area contributed by atoms with Gasteiger partial charge in [0.2, 0.25) is 0 Å². The van der Waals surface area contributed by atoms with Crippen molar-refractivity contribution in [1.82, 2.24) is 19.7 Å². The van der Waals surface area contributed by atoms with E-state index in [9.17, 15) is 4.79 Å². The first-order valence-corrected chi connectivity index (χ1v) is 10.7. The maximum absolute atomic E-state index is 12.2. The minimum atomic E-state index is -0.562. The molecule has 0 aliphatic carbocycles. The molecule has 0 aliphatic heterocycles. The van der Waals surface area contributed by atoms with E-state index >= 15 is 0 Å². The van der Waals surface area contributed by atoms with Crippen molar-refractivity contribution >= 4 is 28.2 Å². The Morgan fingerprint density at radius 1 is 1.21 bits per heavy atom. The molecule has 4 aromatic rings. The third kappa shape index (κ3) is 4.87. The molecule has 9 heteroatoms. The smallest absolute Gasteiger partial charge is 0.252 e. The average molecular weight is 447 g/mol. The van der Waals surface area contributed by atoms with Crippen molar-refractivity contribution in [1.29, 1.82) is 0 Å². The van der Waals surface area contributed by atoms with Gasteiger partial charge in [-0.3, -0.25) is 14.5 Å². The van der Waals surface area contributed by atoms with Crippen LogP contribution in [-0.2, 0) is 13.0 Å². The second-order valence-corrected chi connectivity index (χ2v) is 7.43. The first-order valence-electron chi connectivity index (χ1n) is 10.7. The first-order chi connectivity index (χ1) is 16.1. The molecular weight excluding hydrogens is 420 g/mol. The molecule has 0 aliphatic rings. The predicted octanol–water partition coefficient (Wildman–Crippen LogP) is 3.71. The number of methoxy groups -OCH3 is 1. The van der Waals surface area contributed by atoms with Crippen LogP contribution in [0.3, 0.4) is 0 Å². The van der Waals surface area contributed by atoms with Crippen molar-refractivity contribution in [2.75, 3.05) is 19.0 Å². The van der Waals surface area contributed by atoms with Crippen molar-refractivity contribution in [3.63, 3.8) is 0 Å². The van der Waals surface area contributed by atoms with Gasteiger partial charge >= 0.3 is 0 Å². The van der Waals surface area contributed by atoms with Crippen LogP contribution in [-0.4, -0.2) is 39.4 Å². The lowest BCUT2D eigenvalue weighted by atomic mass is 10.1. The molecule has 3 N–H and O–H groups in total. The number of pyridine rings is 1. The normalized spacial score (nSPS) is 10.8. The summed E-state index contributed by atoms with van der Waals surface area (Å²) < 4.78 is 13.3. The predicted molar refractivity (Wildman–Crippen MR) is 126 cm³/mol. The summed E-state index contributed by atoms with van der Waals surface area (Å²) in [6, 6.07) is 11.6. The lowest BCUT2D eigenvalue weighted by molar-refractivity contribution is 0.100. The Morgan fingerprint density at radius 3 is 2.79 bits per heavy atom. The van der Waals surface area contributed by atoms with Gasteiger partial charge in [0, 0.05) is 36.3 Å². The summed E-state index contributed by atoms with van der Waals surface area (Å²) in [7, 11) is 1.58. The van der Waals surface area contributed by atoms with Gasteiger partial charge in [0.1, 0.15) is 12.7 Å². The van der Waals surface area contributed by atoms with Gasteiger partial charge in [-0.1, -0.05) is 25.1 Å². The molecule has 0 saturated carbocycles. The number of nitrogens with one attached hydrogen (secondary N) is 1.